The molecule has 0 saturated carbocycles. The summed E-state index contributed by atoms with van der Waals surface area (Å²) in [6.45, 7) is 15.7. The first kappa shape index (κ1) is 30.8. The zero-order chi connectivity index (χ0) is 26.8. The highest BCUT2D eigenvalue weighted by atomic mass is 32.1. The summed E-state index contributed by atoms with van der Waals surface area (Å²) in [4.78, 5) is 41.6. The van der Waals surface area contributed by atoms with Crippen LogP contribution in [0.15, 0.2) is 18.2 Å². The zero-order valence-corrected chi connectivity index (χ0v) is 23.6. The molecule has 8 heteroatoms. The molecule has 2 N–H and O–H groups in total. The first-order valence-electron chi connectivity index (χ1n) is 12.6. The third kappa shape index (κ3) is 9.74. The molecule has 0 aromatic heterocycles. The minimum Gasteiger partial charge on any atom is -0.444 e. The van der Waals surface area contributed by atoms with Gasteiger partial charge in [0.15, 0.2) is 0 Å². The summed E-state index contributed by atoms with van der Waals surface area (Å²) in [5.41, 5.74) is 2.00. The maximum Gasteiger partial charge on any atom is 0.408 e. The number of ether oxygens (including phenoxy) is 1. The van der Waals surface area contributed by atoms with Crippen molar-refractivity contribution in [1.29, 1.82) is 0 Å². The SMILES string of the molecule is CCCCCNC(=O)C(c1cc(C)ccc1C)N(C(=O)C(CS)NC(=O)OC(C)(C)C)C(C)CC. The number of benzene rings is 1. The smallest absolute Gasteiger partial charge is 0.408 e. The predicted octanol–water partition coefficient (Wildman–Crippen LogP) is 5.10. The quantitative estimate of drug-likeness (QED) is 0.271. The number of carbonyl (C=O) groups is 3. The number of nitrogens with zero attached hydrogens (tertiary/aromatic N) is 1. The van der Waals surface area contributed by atoms with E-state index in [2.05, 4.69) is 30.2 Å². The Kier molecular flexibility index (Phi) is 12.6. The number of amides is 3. The number of thiol groups is 1. The molecule has 0 aliphatic rings. The predicted molar refractivity (Wildman–Crippen MR) is 145 cm³/mol. The minimum atomic E-state index is -0.942. The van der Waals surface area contributed by atoms with Crippen LogP contribution in [0.25, 0.3) is 0 Å². The number of hydrogen-bond acceptors (Lipinski definition) is 5. The molecule has 0 heterocycles. The van der Waals surface area contributed by atoms with Crippen molar-refractivity contribution < 1.29 is 19.1 Å². The molecule has 0 bridgehead atoms. The van der Waals surface area contributed by atoms with Crippen molar-refractivity contribution in [3.8, 4) is 0 Å². The summed E-state index contributed by atoms with van der Waals surface area (Å²) >= 11 is 4.34. The van der Waals surface area contributed by atoms with Gasteiger partial charge >= 0.3 is 6.09 Å². The summed E-state index contributed by atoms with van der Waals surface area (Å²) < 4.78 is 5.36. The molecule has 0 aliphatic carbocycles. The molecule has 3 atom stereocenters. The molecule has 0 radical (unpaired) electrons. The van der Waals surface area contributed by atoms with Crippen molar-refractivity contribution in [3.63, 3.8) is 0 Å². The fourth-order valence-corrected chi connectivity index (χ4v) is 4.01. The zero-order valence-electron chi connectivity index (χ0n) is 22.7. The molecule has 35 heavy (non-hydrogen) atoms. The topological polar surface area (TPSA) is 87.7 Å². The number of hydrogen-bond donors (Lipinski definition) is 3. The minimum absolute atomic E-state index is 0.0721. The van der Waals surface area contributed by atoms with Gasteiger partial charge in [0.2, 0.25) is 11.8 Å². The van der Waals surface area contributed by atoms with Gasteiger partial charge in [-0.1, -0.05) is 50.5 Å². The second-order valence-corrected chi connectivity index (χ2v) is 10.5. The van der Waals surface area contributed by atoms with Crippen molar-refractivity contribution in [3.05, 3.63) is 34.9 Å². The molecule has 0 fully saturated rings. The number of carbonyl (C=O) groups excluding carboxylic acids is 3. The van der Waals surface area contributed by atoms with E-state index in [1.807, 2.05) is 45.9 Å². The van der Waals surface area contributed by atoms with Crippen LogP contribution in [0.3, 0.4) is 0 Å². The van der Waals surface area contributed by atoms with E-state index in [9.17, 15) is 14.4 Å². The van der Waals surface area contributed by atoms with Gasteiger partial charge in [0.1, 0.15) is 17.7 Å². The van der Waals surface area contributed by atoms with Crippen LogP contribution in [0.1, 0.15) is 90.0 Å². The highest BCUT2D eigenvalue weighted by Gasteiger charge is 2.38. The Morgan fingerprint density at radius 3 is 2.31 bits per heavy atom. The molecule has 0 saturated heterocycles. The van der Waals surface area contributed by atoms with Crippen LogP contribution in [0.2, 0.25) is 0 Å². The molecule has 3 amide bonds. The number of aryl methyl sites for hydroxylation is 2. The second kappa shape index (κ2) is 14.4. The maximum absolute atomic E-state index is 13.9. The van der Waals surface area contributed by atoms with Crippen LogP contribution in [-0.2, 0) is 14.3 Å². The Balaban J connectivity index is 3.44. The Labute approximate surface area is 217 Å². The lowest BCUT2D eigenvalue weighted by Crippen LogP contribution is -2.56. The van der Waals surface area contributed by atoms with E-state index < -0.39 is 23.8 Å². The molecule has 3 unspecified atom stereocenters. The van der Waals surface area contributed by atoms with Crippen LogP contribution in [0.4, 0.5) is 4.79 Å². The summed E-state index contributed by atoms with van der Waals surface area (Å²) in [7, 11) is 0. The van der Waals surface area contributed by atoms with Crippen molar-refractivity contribution in [2.24, 2.45) is 0 Å². The molecule has 0 spiro atoms. The summed E-state index contributed by atoms with van der Waals surface area (Å²) in [6.07, 6.45) is 2.89. The van der Waals surface area contributed by atoms with Gasteiger partial charge in [-0.2, -0.15) is 12.6 Å². The van der Waals surface area contributed by atoms with Crippen LogP contribution in [0.5, 0.6) is 0 Å². The third-order valence-electron chi connectivity index (χ3n) is 5.83. The van der Waals surface area contributed by atoms with Crippen LogP contribution in [0, 0.1) is 13.8 Å². The average molecular weight is 508 g/mol. The van der Waals surface area contributed by atoms with E-state index >= 15 is 0 Å². The molecule has 1 aromatic carbocycles. The highest BCUT2D eigenvalue weighted by Crippen LogP contribution is 2.29. The second-order valence-electron chi connectivity index (χ2n) is 10.1. The first-order chi connectivity index (χ1) is 16.4. The van der Waals surface area contributed by atoms with Gasteiger partial charge in [0, 0.05) is 18.3 Å². The maximum atomic E-state index is 13.9. The highest BCUT2D eigenvalue weighted by molar-refractivity contribution is 7.80. The Bertz CT molecular complexity index is 853. The summed E-state index contributed by atoms with van der Waals surface area (Å²) in [5, 5.41) is 5.70. The monoisotopic (exact) mass is 507 g/mol. The van der Waals surface area contributed by atoms with Gasteiger partial charge in [-0.3, -0.25) is 9.59 Å². The van der Waals surface area contributed by atoms with Gasteiger partial charge in [-0.05, 0) is 65.5 Å². The van der Waals surface area contributed by atoms with Gasteiger partial charge in [-0.15, -0.1) is 0 Å². The fraction of sp³-hybridized carbons (Fsp3) is 0.667. The molecular weight excluding hydrogens is 462 g/mol. The van der Waals surface area contributed by atoms with E-state index in [1.54, 1.807) is 25.7 Å². The fourth-order valence-electron chi connectivity index (χ4n) is 3.77. The van der Waals surface area contributed by atoms with Crippen LogP contribution in [-0.4, -0.2) is 52.8 Å². The number of rotatable bonds is 12. The van der Waals surface area contributed by atoms with Crippen LogP contribution >= 0.6 is 12.6 Å². The molecule has 7 nitrogen and oxygen atoms in total. The Morgan fingerprint density at radius 2 is 1.77 bits per heavy atom. The normalized spacial score (nSPS) is 14.0. The Morgan fingerprint density at radius 1 is 1.11 bits per heavy atom. The van der Waals surface area contributed by atoms with Crippen molar-refractivity contribution in [2.75, 3.05) is 12.3 Å². The van der Waals surface area contributed by atoms with Crippen molar-refractivity contribution in [2.45, 2.75) is 105 Å². The lowest BCUT2D eigenvalue weighted by atomic mass is 9.94. The van der Waals surface area contributed by atoms with E-state index in [1.165, 1.54) is 0 Å². The third-order valence-corrected chi connectivity index (χ3v) is 6.19. The van der Waals surface area contributed by atoms with Gasteiger partial charge in [0.05, 0.1) is 0 Å². The number of unbranched alkanes of at least 4 members (excludes halogenated alkanes) is 2. The standard InChI is InChI=1S/C27H45N3O4S/c1-9-11-12-15-28-24(31)23(21-16-18(3)13-14-19(21)4)30(20(5)10-2)25(32)22(17-35)29-26(33)34-27(6,7)8/h13-14,16,20,22-23,35H,9-12,15,17H2,1-8H3,(H,28,31)(H,29,33). The lowest BCUT2D eigenvalue weighted by Gasteiger charge is -2.38. The molecular formula is C27H45N3O4S. The van der Waals surface area contributed by atoms with Gasteiger partial charge < -0.3 is 20.3 Å². The molecule has 0 aliphatic heterocycles. The molecule has 198 valence electrons. The van der Waals surface area contributed by atoms with E-state index in [0.29, 0.717) is 13.0 Å². The summed E-state index contributed by atoms with van der Waals surface area (Å²) in [6, 6.07) is 3.90. The average Bonchev–Trinajstić information content (AvgIpc) is 2.78. The Hall–Kier alpha value is -2.22. The molecule has 1 aromatic rings. The molecule has 1 rings (SSSR count). The van der Waals surface area contributed by atoms with Gasteiger partial charge in [0.25, 0.3) is 0 Å². The summed E-state index contributed by atoms with van der Waals surface area (Å²) in [5.74, 6) is -0.517. The van der Waals surface area contributed by atoms with Crippen molar-refractivity contribution in [1.82, 2.24) is 15.5 Å². The van der Waals surface area contributed by atoms with E-state index in [-0.39, 0.29) is 23.6 Å². The van der Waals surface area contributed by atoms with E-state index in [0.717, 1.165) is 36.0 Å². The lowest BCUT2D eigenvalue weighted by molar-refractivity contribution is -0.144. The first-order valence-corrected chi connectivity index (χ1v) is 13.3. The number of nitrogens with one attached hydrogen (secondary N) is 2. The van der Waals surface area contributed by atoms with Crippen LogP contribution < -0.4 is 10.6 Å². The van der Waals surface area contributed by atoms with Gasteiger partial charge in [-0.25, -0.2) is 4.79 Å². The number of alkyl carbamates (subject to hydrolysis) is 1. The van der Waals surface area contributed by atoms with E-state index in [4.69, 9.17) is 4.74 Å². The van der Waals surface area contributed by atoms with Crippen molar-refractivity contribution >= 4 is 30.5 Å². The largest absolute Gasteiger partial charge is 0.444 e.